The number of amides is 1. The molecule has 1 fully saturated rings. The van der Waals surface area contributed by atoms with Crippen molar-refractivity contribution in [2.45, 2.75) is 31.1 Å². The van der Waals surface area contributed by atoms with Crippen LogP contribution in [0.25, 0.3) is 0 Å². The second-order valence-corrected chi connectivity index (χ2v) is 9.48. The van der Waals surface area contributed by atoms with E-state index in [4.69, 9.17) is 5.11 Å². The molecule has 6 nitrogen and oxygen atoms in total. The fraction of sp³-hybridized carbons (Fsp3) is 0.611. The summed E-state index contributed by atoms with van der Waals surface area (Å²) in [5.74, 6) is 1.26. The van der Waals surface area contributed by atoms with Gasteiger partial charge in [-0.2, -0.15) is 4.31 Å². The molecule has 2 rings (SSSR count). The lowest BCUT2D eigenvalue weighted by Gasteiger charge is -2.34. The summed E-state index contributed by atoms with van der Waals surface area (Å²) in [6, 6.07) is 7.14. The number of hydrogen-bond acceptors (Lipinski definition) is 5. The maximum atomic E-state index is 12.8. The molecule has 0 spiro atoms. The maximum Gasteiger partial charge on any atom is 0.243 e. The second kappa shape index (κ2) is 9.73. The molecule has 1 aromatic carbocycles. The van der Waals surface area contributed by atoms with Crippen molar-refractivity contribution in [3.05, 3.63) is 29.8 Å². The summed E-state index contributed by atoms with van der Waals surface area (Å²) >= 11 is 1.39. The third-order valence-electron chi connectivity index (χ3n) is 4.75. The van der Waals surface area contributed by atoms with Gasteiger partial charge in [-0.3, -0.25) is 4.79 Å². The van der Waals surface area contributed by atoms with Gasteiger partial charge in [0.2, 0.25) is 15.9 Å². The number of carbonyl (C=O) groups is 1. The van der Waals surface area contributed by atoms with Gasteiger partial charge in [-0.25, -0.2) is 8.42 Å². The summed E-state index contributed by atoms with van der Waals surface area (Å²) in [7, 11) is -3.52. The van der Waals surface area contributed by atoms with Crippen LogP contribution in [0.3, 0.4) is 0 Å². The molecule has 1 heterocycles. The van der Waals surface area contributed by atoms with E-state index in [0.29, 0.717) is 48.5 Å². The molecule has 0 unspecified atom stereocenters. The van der Waals surface area contributed by atoms with Gasteiger partial charge in [-0.05, 0) is 30.0 Å². The summed E-state index contributed by atoms with van der Waals surface area (Å²) < 4.78 is 27.1. The van der Waals surface area contributed by atoms with Crippen molar-refractivity contribution in [3.8, 4) is 0 Å². The fourth-order valence-electron chi connectivity index (χ4n) is 2.85. The lowest BCUT2D eigenvalue weighted by Crippen LogP contribution is -2.51. The van der Waals surface area contributed by atoms with Crippen molar-refractivity contribution in [3.63, 3.8) is 0 Å². The molecular formula is C18H28N2O4S2. The number of aliphatic hydroxyl groups excluding tert-OH is 1. The first-order valence-electron chi connectivity index (χ1n) is 8.96. The zero-order chi connectivity index (χ0) is 19.2. The second-order valence-electron chi connectivity index (χ2n) is 6.44. The minimum absolute atomic E-state index is 0.00148. The lowest BCUT2D eigenvalue weighted by molar-refractivity contribution is -0.129. The topological polar surface area (TPSA) is 77.9 Å². The van der Waals surface area contributed by atoms with E-state index >= 15 is 0 Å². The van der Waals surface area contributed by atoms with Crippen LogP contribution < -0.4 is 0 Å². The lowest BCUT2D eigenvalue weighted by atomic mass is 9.99. The third kappa shape index (κ3) is 5.22. The SMILES string of the molecule is CC[C@@H](C)c1ccc(S(=O)(=O)N2CCN(C(=O)CSCCO)CC2)cc1. The predicted octanol–water partition coefficient (Wildman–Crippen LogP) is 1.76. The number of carbonyl (C=O) groups excluding carboxylic acids is 1. The van der Waals surface area contributed by atoms with Crippen LogP contribution in [0.2, 0.25) is 0 Å². The van der Waals surface area contributed by atoms with Gasteiger partial charge in [-0.15, -0.1) is 11.8 Å². The van der Waals surface area contributed by atoms with Crippen molar-refractivity contribution in [1.82, 2.24) is 9.21 Å². The average Bonchev–Trinajstić information content (AvgIpc) is 2.67. The van der Waals surface area contributed by atoms with E-state index in [1.165, 1.54) is 16.1 Å². The molecule has 0 aliphatic carbocycles. The smallest absolute Gasteiger partial charge is 0.243 e. The van der Waals surface area contributed by atoms with Gasteiger partial charge in [0.1, 0.15) is 0 Å². The first-order chi connectivity index (χ1) is 12.4. The highest BCUT2D eigenvalue weighted by Gasteiger charge is 2.30. The first kappa shape index (κ1) is 21.2. The summed E-state index contributed by atoms with van der Waals surface area (Å²) in [4.78, 5) is 14.1. The highest BCUT2D eigenvalue weighted by atomic mass is 32.2. The fourth-order valence-corrected chi connectivity index (χ4v) is 4.90. The maximum absolute atomic E-state index is 12.8. The van der Waals surface area contributed by atoms with Crippen LogP contribution in [-0.2, 0) is 14.8 Å². The van der Waals surface area contributed by atoms with Gasteiger partial charge >= 0.3 is 0 Å². The molecule has 146 valence electrons. The number of sulfonamides is 1. The number of piperazine rings is 1. The highest BCUT2D eigenvalue weighted by Crippen LogP contribution is 2.23. The van der Waals surface area contributed by atoms with Gasteiger partial charge in [0.25, 0.3) is 0 Å². The minimum Gasteiger partial charge on any atom is -0.396 e. The molecule has 0 radical (unpaired) electrons. The number of aliphatic hydroxyl groups is 1. The quantitative estimate of drug-likeness (QED) is 0.673. The summed E-state index contributed by atoms with van der Waals surface area (Å²) in [5, 5.41) is 8.76. The van der Waals surface area contributed by atoms with E-state index < -0.39 is 10.0 Å². The van der Waals surface area contributed by atoms with Gasteiger partial charge in [0.15, 0.2) is 0 Å². The number of rotatable bonds is 8. The molecule has 8 heteroatoms. The number of hydrogen-bond donors (Lipinski definition) is 1. The van der Waals surface area contributed by atoms with Gasteiger partial charge in [0, 0.05) is 31.9 Å². The van der Waals surface area contributed by atoms with E-state index in [1.54, 1.807) is 17.0 Å². The summed E-state index contributed by atoms with van der Waals surface area (Å²) in [6.45, 7) is 5.72. The third-order valence-corrected chi connectivity index (χ3v) is 7.59. The molecule has 1 aromatic rings. The Kier molecular flexibility index (Phi) is 7.94. The Morgan fingerprint density at radius 2 is 1.81 bits per heavy atom. The Morgan fingerprint density at radius 1 is 1.19 bits per heavy atom. The molecule has 1 N–H and O–H groups in total. The van der Waals surface area contributed by atoms with Crippen molar-refractivity contribution < 1.29 is 18.3 Å². The van der Waals surface area contributed by atoms with Crippen LogP contribution in [-0.4, -0.2) is 72.9 Å². The molecule has 26 heavy (non-hydrogen) atoms. The van der Waals surface area contributed by atoms with Crippen LogP contribution in [0.5, 0.6) is 0 Å². The molecule has 1 aliphatic rings. The standard InChI is InChI=1S/C18H28N2O4S2/c1-3-15(2)16-4-6-17(7-5-16)26(23,24)20-10-8-19(9-11-20)18(22)14-25-13-12-21/h4-7,15,21H,3,8-14H2,1-2H3/t15-/m1/s1. The van der Waals surface area contributed by atoms with E-state index in [-0.39, 0.29) is 12.5 Å². The highest BCUT2D eigenvalue weighted by molar-refractivity contribution is 7.99. The van der Waals surface area contributed by atoms with Gasteiger partial charge in [-0.1, -0.05) is 26.0 Å². The molecule has 0 bridgehead atoms. The predicted molar refractivity (Wildman–Crippen MR) is 105 cm³/mol. The van der Waals surface area contributed by atoms with Crippen molar-refractivity contribution in [1.29, 1.82) is 0 Å². The van der Waals surface area contributed by atoms with E-state index in [1.807, 2.05) is 12.1 Å². The molecule has 0 saturated carbocycles. The number of nitrogens with zero attached hydrogens (tertiary/aromatic N) is 2. The zero-order valence-corrected chi connectivity index (χ0v) is 17.1. The summed E-state index contributed by atoms with van der Waals surface area (Å²) in [5.41, 5.74) is 1.14. The Hall–Kier alpha value is -1.09. The Balaban J connectivity index is 1.96. The average molecular weight is 401 g/mol. The monoisotopic (exact) mass is 400 g/mol. The largest absolute Gasteiger partial charge is 0.396 e. The number of benzene rings is 1. The normalized spacial score (nSPS) is 17.3. The van der Waals surface area contributed by atoms with Crippen LogP contribution in [0, 0.1) is 0 Å². The van der Waals surface area contributed by atoms with Crippen molar-refractivity contribution in [2.24, 2.45) is 0 Å². The zero-order valence-electron chi connectivity index (χ0n) is 15.4. The van der Waals surface area contributed by atoms with Crippen LogP contribution in [0.4, 0.5) is 0 Å². The molecular weight excluding hydrogens is 372 g/mol. The van der Waals surface area contributed by atoms with Crippen molar-refractivity contribution >= 4 is 27.7 Å². The Labute approximate surface area is 160 Å². The van der Waals surface area contributed by atoms with Gasteiger partial charge in [0.05, 0.1) is 17.3 Å². The Bertz CT molecular complexity index is 684. The van der Waals surface area contributed by atoms with Crippen LogP contribution in [0.1, 0.15) is 31.7 Å². The van der Waals surface area contributed by atoms with E-state index in [9.17, 15) is 13.2 Å². The summed E-state index contributed by atoms with van der Waals surface area (Å²) in [6.07, 6.45) is 1.01. The molecule has 1 saturated heterocycles. The first-order valence-corrected chi connectivity index (χ1v) is 11.6. The molecule has 1 amide bonds. The van der Waals surface area contributed by atoms with Crippen LogP contribution >= 0.6 is 11.8 Å². The number of thioether (sulfide) groups is 1. The van der Waals surface area contributed by atoms with Gasteiger partial charge < -0.3 is 10.0 Å². The van der Waals surface area contributed by atoms with Crippen molar-refractivity contribution in [2.75, 3.05) is 44.3 Å². The molecule has 1 atom stereocenters. The molecule has 1 aliphatic heterocycles. The Morgan fingerprint density at radius 3 is 2.35 bits per heavy atom. The molecule has 0 aromatic heterocycles. The minimum atomic E-state index is -3.52. The van der Waals surface area contributed by atoms with E-state index in [2.05, 4.69) is 13.8 Å². The van der Waals surface area contributed by atoms with Crippen LogP contribution in [0.15, 0.2) is 29.2 Å². The van der Waals surface area contributed by atoms with E-state index in [0.717, 1.165) is 12.0 Å².